The van der Waals surface area contributed by atoms with Crippen LogP contribution in [-0.2, 0) is 4.43 Å². The summed E-state index contributed by atoms with van der Waals surface area (Å²) in [5, 5.41) is 0. The van der Waals surface area contributed by atoms with Crippen molar-refractivity contribution >= 4 is 10.5 Å². The van der Waals surface area contributed by atoms with Crippen molar-refractivity contribution in [2.75, 3.05) is 0 Å². The monoisotopic (exact) mass is 146 g/mol. The Labute approximate surface area is 61.3 Å². The summed E-state index contributed by atoms with van der Waals surface area (Å²) in [6, 6.07) is 0. The quantitative estimate of drug-likeness (QED) is 0.540. The highest BCUT2D eigenvalue weighted by Gasteiger charge is 2.07. The number of hydrogen-bond donors (Lipinski definition) is 0. The van der Waals surface area contributed by atoms with Gasteiger partial charge in [-0.2, -0.15) is 0 Å². The van der Waals surface area contributed by atoms with E-state index >= 15 is 0 Å². The van der Waals surface area contributed by atoms with E-state index in [0.29, 0.717) is 6.10 Å². The average molecular weight is 146 g/mol. The fourth-order valence-corrected chi connectivity index (χ4v) is 1.39. The lowest BCUT2D eigenvalue weighted by Crippen LogP contribution is -2.16. The van der Waals surface area contributed by atoms with Crippen LogP contribution in [0.2, 0.25) is 0 Å². The highest BCUT2D eigenvalue weighted by molar-refractivity contribution is 5.98. The Morgan fingerprint density at radius 1 is 1.44 bits per heavy atom. The molecule has 2 atom stereocenters. The van der Waals surface area contributed by atoms with Crippen LogP contribution in [0.1, 0.15) is 33.6 Å². The Balaban J connectivity index is 3.32. The third-order valence-electron chi connectivity index (χ3n) is 1.92. The van der Waals surface area contributed by atoms with E-state index in [0.717, 1.165) is 16.4 Å². The zero-order valence-corrected chi connectivity index (χ0v) is 8.98. The largest absolute Gasteiger partial charge is 0.425 e. The number of rotatable bonds is 4. The van der Waals surface area contributed by atoms with Crippen LogP contribution < -0.4 is 0 Å². The Hall–Kier alpha value is 0.177. The van der Waals surface area contributed by atoms with Crippen LogP contribution in [0.4, 0.5) is 0 Å². The minimum atomic E-state index is 0.483. The van der Waals surface area contributed by atoms with Crippen LogP contribution >= 0.6 is 0 Å². The van der Waals surface area contributed by atoms with Crippen LogP contribution in [0.15, 0.2) is 0 Å². The molecule has 0 bridgehead atoms. The van der Waals surface area contributed by atoms with E-state index in [2.05, 4.69) is 20.8 Å². The van der Waals surface area contributed by atoms with E-state index in [9.17, 15) is 0 Å². The molecule has 0 saturated carbocycles. The minimum Gasteiger partial charge on any atom is -0.425 e. The van der Waals surface area contributed by atoms with E-state index in [1.165, 1.54) is 12.8 Å². The van der Waals surface area contributed by atoms with Crippen molar-refractivity contribution in [2.45, 2.75) is 39.7 Å². The average Bonchev–Trinajstić information content (AvgIpc) is 1.87. The van der Waals surface area contributed by atoms with Crippen LogP contribution in [-0.4, -0.2) is 16.6 Å². The predicted octanol–water partition coefficient (Wildman–Crippen LogP) is 1.11. The van der Waals surface area contributed by atoms with E-state index < -0.39 is 0 Å². The standard InChI is InChI=1S/C7H18OSi/c1-4-5-6(2)7(3)8-9/h6-7H,4-5H2,1-3,9H3. The van der Waals surface area contributed by atoms with Crippen molar-refractivity contribution < 1.29 is 4.43 Å². The van der Waals surface area contributed by atoms with Crippen LogP contribution in [0.3, 0.4) is 0 Å². The summed E-state index contributed by atoms with van der Waals surface area (Å²) in [6.07, 6.45) is 3.05. The molecule has 9 heavy (non-hydrogen) atoms. The lowest BCUT2D eigenvalue weighted by Gasteiger charge is -2.17. The molecule has 0 saturated heterocycles. The van der Waals surface area contributed by atoms with Crippen LogP contribution in [0, 0.1) is 5.92 Å². The molecule has 0 aliphatic rings. The van der Waals surface area contributed by atoms with E-state index in [1.807, 2.05) is 0 Å². The molecule has 0 rings (SSSR count). The Kier molecular flexibility index (Phi) is 5.10. The van der Waals surface area contributed by atoms with Crippen molar-refractivity contribution in [1.29, 1.82) is 0 Å². The normalized spacial score (nSPS) is 17.7. The van der Waals surface area contributed by atoms with Gasteiger partial charge < -0.3 is 4.43 Å². The highest BCUT2D eigenvalue weighted by Crippen LogP contribution is 2.11. The maximum absolute atomic E-state index is 5.30. The molecule has 0 amide bonds. The summed E-state index contributed by atoms with van der Waals surface area (Å²) in [5.74, 6) is 0.743. The molecule has 2 heteroatoms. The Bertz CT molecular complexity index is 65.9. The highest BCUT2D eigenvalue weighted by atomic mass is 28.2. The molecule has 1 nitrogen and oxygen atoms in total. The first-order valence-electron chi connectivity index (χ1n) is 3.75. The first-order valence-corrected chi connectivity index (χ1v) is 4.56. The van der Waals surface area contributed by atoms with Gasteiger partial charge in [0.15, 0.2) is 0 Å². The van der Waals surface area contributed by atoms with Gasteiger partial charge in [-0.25, -0.2) is 0 Å². The summed E-state index contributed by atoms with van der Waals surface area (Å²) in [4.78, 5) is 0. The summed E-state index contributed by atoms with van der Waals surface area (Å²) >= 11 is 0. The van der Waals surface area contributed by atoms with Crippen molar-refractivity contribution in [2.24, 2.45) is 5.92 Å². The molecule has 0 N–H and O–H groups in total. The molecule has 0 spiro atoms. The zero-order valence-electron chi connectivity index (χ0n) is 6.98. The second kappa shape index (κ2) is 5.00. The molecule has 0 aliphatic heterocycles. The molecule has 0 aromatic rings. The van der Waals surface area contributed by atoms with Gasteiger partial charge in [0, 0.05) is 6.10 Å². The van der Waals surface area contributed by atoms with Crippen LogP contribution in [0.25, 0.3) is 0 Å². The van der Waals surface area contributed by atoms with E-state index in [-0.39, 0.29) is 0 Å². The molecule has 0 aromatic heterocycles. The van der Waals surface area contributed by atoms with Crippen molar-refractivity contribution in [3.8, 4) is 0 Å². The Morgan fingerprint density at radius 2 is 2.00 bits per heavy atom. The SMILES string of the molecule is CCCC(C)C(C)O[SiH3]. The van der Waals surface area contributed by atoms with Gasteiger partial charge in [0.2, 0.25) is 0 Å². The smallest absolute Gasteiger partial charge is 0.146 e. The van der Waals surface area contributed by atoms with Gasteiger partial charge in [0.05, 0.1) is 0 Å². The van der Waals surface area contributed by atoms with E-state index in [4.69, 9.17) is 4.43 Å². The lowest BCUT2D eigenvalue weighted by molar-refractivity contribution is 0.169. The molecule has 0 aromatic carbocycles. The second-order valence-electron chi connectivity index (χ2n) is 2.71. The Morgan fingerprint density at radius 3 is 2.33 bits per heavy atom. The molecule has 0 aliphatic carbocycles. The van der Waals surface area contributed by atoms with E-state index in [1.54, 1.807) is 0 Å². The zero-order chi connectivity index (χ0) is 7.28. The second-order valence-corrected chi connectivity index (χ2v) is 3.18. The summed E-state index contributed by atoms with van der Waals surface area (Å²) < 4.78 is 5.30. The van der Waals surface area contributed by atoms with Gasteiger partial charge in [-0.05, 0) is 19.3 Å². The van der Waals surface area contributed by atoms with Crippen molar-refractivity contribution in [3.63, 3.8) is 0 Å². The summed E-state index contributed by atoms with van der Waals surface area (Å²) in [5.41, 5.74) is 0. The van der Waals surface area contributed by atoms with Gasteiger partial charge in [-0.15, -0.1) is 0 Å². The first-order chi connectivity index (χ1) is 4.22. The molecule has 0 fully saturated rings. The van der Waals surface area contributed by atoms with Gasteiger partial charge in [-0.1, -0.05) is 20.3 Å². The van der Waals surface area contributed by atoms with Crippen LogP contribution in [0.5, 0.6) is 0 Å². The van der Waals surface area contributed by atoms with Crippen molar-refractivity contribution in [1.82, 2.24) is 0 Å². The third kappa shape index (κ3) is 3.70. The summed E-state index contributed by atoms with van der Waals surface area (Å²) in [6.45, 7) is 6.63. The molecule has 56 valence electrons. The predicted molar refractivity (Wildman–Crippen MR) is 44.6 cm³/mol. The molecule has 0 radical (unpaired) electrons. The number of hydrogen-bond acceptors (Lipinski definition) is 1. The molecule has 0 heterocycles. The maximum Gasteiger partial charge on any atom is 0.146 e. The van der Waals surface area contributed by atoms with Gasteiger partial charge in [0.1, 0.15) is 10.5 Å². The maximum atomic E-state index is 5.30. The molecule has 2 unspecified atom stereocenters. The lowest BCUT2D eigenvalue weighted by atomic mass is 10.0. The van der Waals surface area contributed by atoms with Gasteiger partial charge in [0.25, 0.3) is 0 Å². The topological polar surface area (TPSA) is 9.23 Å². The fourth-order valence-electron chi connectivity index (χ4n) is 0.922. The van der Waals surface area contributed by atoms with Crippen molar-refractivity contribution in [3.05, 3.63) is 0 Å². The minimum absolute atomic E-state index is 0.483. The molecular formula is C7H18OSi. The first kappa shape index (κ1) is 9.18. The van der Waals surface area contributed by atoms with Gasteiger partial charge in [-0.3, -0.25) is 0 Å². The fraction of sp³-hybridized carbons (Fsp3) is 1.00. The third-order valence-corrected chi connectivity index (χ3v) is 2.66. The van der Waals surface area contributed by atoms with Gasteiger partial charge >= 0.3 is 0 Å². The molecular weight excluding hydrogens is 128 g/mol. The summed E-state index contributed by atoms with van der Waals surface area (Å²) in [7, 11) is 0.878.